The zero-order valence-electron chi connectivity index (χ0n) is 46.4. The van der Waals surface area contributed by atoms with Crippen molar-refractivity contribution in [2.75, 3.05) is 6.61 Å². The van der Waals surface area contributed by atoms with Gasteiger partial charge in [0.05, 0.1) is 127 Å². The second-order valence-electron chi connectivity index (χ2n) is 25.9. The summed E-state index contributed by atoms with van der Waals surface area (Å²) in [6, 6.07) is 0. The molecular weight excluding hydrogens is 1090 g/mol. The van der Waals surface area contributed by atoms with Crippen molar-refractivity contribution < 1.29 is 107 Å². The first kappa shape index (κ1) is 59.6. The average molecular weight is 1180 g/mol. The molecule has 0 saturated carbocycles. The predicted molar refractivity (Wildman–Crippen MR) is 278 cm³/mol. The molecule has 0 spiro atoms. The van der Waals surface area contributed by atoms with E-state index in [1.165, 1.54) is 25.2 Å². The Morgan fingerprint density at radius 3 is 1.91 bits per heavy atom. The van der Waals surface area contributed by atoms with E-state index in [1.54, 1.807) is 6.92 Å². The van der Waals surface area contributed by atoms with Crippen molar-refractivity contribution in [1.82, 2.24) is 0 Å². The Balaban J connectivity index is 0.747. The van der Waals surface area contributed by atoms with E-state index in [4.69, 9.17) is 60.8 Å². The molecule has 0 aromatic heterocycles. The summed E-state index contributed by atoms with van der Waals surface area (Å²) in [4.78, 5) is 11.9. The van der Waals surface area contributed by atoms with Gasteiger partial charge in [-0.3, -0.25) is 13.9 Å². The number of carbonyl (C=O) groups is 1. The van der Waals surface area contributed by atoms with Gasteiger partial charge in [-0.1, -0.05) is 31.7 Å². The molecule has 0 amide bonds. The standard InChI is InChI=1S/C55H82O23S2/c1-9-10-29(50(57)58)12-14-51(4,59)49-28(3)19-38-37(73-49)25-45-55(8,76-38)48(56)47-41(72-45)23-40-46(74-47)27(2)11-15-53(6)43(71-40)26-42-54(7,78-53)16-13-30-31(70-42)20-33-32(67-30)21-34-35(68-33)22-39-36(69-34)24-44(77-80(63,64)65)52(5,75-39)17-18-66-79(60,61)62/h9,12,14,27,29-49,56,59H,1,3,10-11,13,15-26H2,2,4-8H3,(H,57,58)(H,60,61,62)(H,63,64,65). The van der Waals surface area contributed by atoms with Crippen molar-refractivity contribution in [2.24, 2.45) is 11.8 Å². The normalized spacial score (nSPS) is 50.4. The number of fused-ring (bicyclic) bond motifs is 10. The molecule has 11 saturated heterocycles. The van der Waals surface area contributed by atoms with Gasteiger partial charge >= 0.3 is 26.8 Å². The van der Waals surface area contributed by atoms with Gasteiger partial charge in [-0.05, 0) is 84.6 Å². The van der Waals surface area contributed by atoms with Crippen LogP contribution in [0.1, 0.15) is 131 Å². The zero-order valence-corrected chi connectivity index (χ0v) is 48.0. The summed E-state index contributed by atoms with van der Waals surface area (Å²) in [7, 11) is -9.75. The van der Waals surface area contributed by atoms with Crippen molar-refractivity contribution in [1.29, 1.82) is 0 Å². The molecule has 0 aromatic rings. The van der Waals surface area contributed by atoms with E-state index >= 15 is 0 Å². The summed E-state index contributed by atoms with van der Waals surface area (Å²) in [5.74, 6) is -1.86. The third-order valence-electron chi connectivity index (χ3n) is 20.0. The summed E-state index contributed by atoms with van der Waals surface area (Å²) in [6.45, 7) is 18.7. The third kappa shape index (κ3) is 11.6. The molecule has 27 unspecified atom stereocenters. The molecule has 0 radical (unpaired) electrons. The van der Waals surface area contributed by atoms with E-state index in [0.717, 1.165) is 6.42 Å². The predicted octanol–water partition coefficient (Wildman–Crippen LogP) is 4.20. The topological polar surface area (TPSA) is 306 Å². The van der Waals surface area contributed by atoms with Crippen molar-refractivity contribution in [3.63, 3.8) is 0 Å². The molecule has 452 valence electrons. The van der Waals surface area contributed by atoms with Gasteiger partial charge in [0.2, 0.25) is 0 Å². The average Bonchev–Trinajstić information content (AvgIpc) is 3.67. The molecular formula is C55H82O23S2. The van der Waals surface area contributed by atoms with Gasteiger partial charge in [0, 0.05) is 51.4 Å². The Kier molecular flexibility index (Phi) is 16.2. The quantitative estimate of drug-likeness (QED) is 0.135. The molecule has 0 aromatic carbocycles. The van der Waals surface area contributed by atoms with Crippen LogP contribution in [0.5, 0.6) is 0 Å². The van der Waals surface area contributed by atoms with E-state index in [9.17, 15) is 41.5 Å². The maximum Gasteiger partial charge on any atom is 0.397 e. The molecule has 11 heterocycles. The minimum Gasteiger partial charge on any atom is -0.481 e. The van der Waals surface area contributed by atoms with Crippen molar-refractivity contribution in [3.05, 3.63) is 37.0 Å². The van der Waals surface area contributed by atoms with Gasteiger partial charge in [0.1, 0.15) is 35.6 Å². The van der Waals surface area contributed by atoms with E-state index in [1.807, 2.05) is 6.92 Å². The summed E-state index contributed by atoms with van der Waals surface area (Å²) in [5, 5.41) is 33.7. The van der Waals surface area contributed by atoms with Crippen LogP contribution >= 0.6 is 0 Å². The first-order valence-corrected chi connectivity index (χ1v) is 31.4. The monoisotopic (exact) mass is 1170 g/mol. The van der Waals surface area contributed by atoms with E-state index < -0.39 is 147 Å². The number of rotatable bonds is 12. The molecule has 11 aliphatic heterocycles. The number of hydrogen-bond donors (Lipinski definition) is 5. The first-order valence-electron chi connectivity index (χ1n) is 28.6. The zero-order chi connectivity index (χ0) is 57.3. The van der Waals surface area contributed by atoms with Crippen LogP contribution in [-0.4, -0.2) is 204 Å². The van der Waals surface area contributed by atoms with Crippen molar-refractivity contribution in [2.45, 2.75) is 282 Å². The summed E-state index contributed by atoms with van der Waals surface area (Å²) in [6.07, 6.45) is -0.633. The van der Waals surface area contributed by atoms with Crippen LogP contribution in [0.25, 0.3) is 0 Å². The maximum atomic E-state index is 12.3. The van der Waals surface area contributed by atoms with Gasteiger partial charge in [0.15, 0.2) is 0 Å². The number of carboxylic acid groups (broad SMARTS) is 1. The number of aliphatic carboxylic acids is 1. The molecule has 5 N–H and O–H groups in total. The fraction of sp³-hybridized carbons (Fsp3) is 0.873. The number of ether oxygens (including phenoxy) is 11. The molecule has 0 aliphatic carbocycles. The summed E-state index contributed by atoms with van der Waals surface area (Å²) in [5.41, 5.74) is -4.96. The largest absolute Gasteiger partial charge is 0.481 e. The second-order valence-corrected chi connectivity index (χ2v) is 28.0. The third-order valence-corrected chi connectivity index (χ3v) is 20.9. The Morgan fingerprint density at radius 1 is 0.713 bits per heavy atom. The first-order chi connectivity index (χ1) is 37.4. The molecule has 23 nitrogen and oxygen atoms in total. The number of allylic oxidation sites excluding steroid dienone is 1. The van der Waals surface area contributed by atoms with Crippen LogP contribution in [0.2, 0.25) is 0 Å². The minimum absolute atomic E-state index is 0.00733. The number of carboxylic acids is 1. The van der Waals surface area contributed by atoms with Crippen molar-refractivity contribution >= 4 is 26.8 Å². The highest BCUT2D eigenvalue weighted by Crippen LogP contribution is 2.54. The molecule has 11 rings (SSSR count). The maximum absolute atomic E-state index is 12.3. The number of aliphatic hydroxyl groups excluding tert-OH is 1. The Hall–Kier alpha value is -2.09. The lowest BCUT2D eigenvalue weighted by Gasteiger charge is -2.61. The van der Waals surface area contributed by atoms with Gasteiger partial charge in [-0.15, -0.1) is 6.58 Å². The fourth-order valence-corrected chi connectivity index (χ4v) is 16.4. The Morgan fingerprint density at radius 2 is 1.27 bits per heavy atom. The van der Waals surface area contributed by atoms with E-state index in [-0.39, 0.29) is 67.9 Å². The van der Waals surface area contributed by atoms with Gasteiger partial charge in [-0.25, -0.2) is 8.37 Å². The molecule has 80 heavy (non-hydrogen) atoms. The smallest absolute Gasteiger partial charge is 0.397 e. The molecule has 11 aliphatic rings. The number of hydrogen-bond acceptors (Lipinski definition) is 20. The Bertz CT molecular complexity index is 2600. The lowest BCUT2D eigenvalue weighted by Crippen LogP contribution is -2.74. The number of aliphatic hydroxyl groups is 2. The molecule has 11 fully saturated rings. The van der Waals surface area contributed by atoms with Gasteiger partial charge in [-0.2, -0.15) is 16.8 Å². The summed E-state index contributed by atoms with van der Waals surface area (Å²) < 4.78 is 151. The van der Waals surface area contributed by atoms with Crippen LogP contribution < -0.4 is 0 Å². The Labute approximate surface area is 468 Å². The van der Waals surface area contributed by atoms with Gasteiger partial charge < -0.3 is 67.4 Å². The molecule has 27 atom stereocenters. The van der Waals surface area contributed by atoms with Crippen LogP contribution in [-0.2, 0) is 86.1 Å². The van der Waals surface area contributed by atoms with E-state index in [0.29, 0.717) is 69.8 Å². The lowest BCUT2D eigenvalue weighted by atomic mass is 9.73. The van der Waals surface area contributed by atoms with E-state index in [2.05, 4.69) is 38.1 Å². The highest BCUT2D eigenvalue weighted by atomic mass is 32.3. The van der Waals surface area contributed by atoms with Crippen LogP contribution in [0.3, 0.4) is 0 Å². The van der Waals surface area contributed by atoms with Gasteiger partial charge in [0.25, 0.3) is 0 Å². The SMILES string of the molecule is C=CCC(C=CC(C)(O)C1OC2CC3OC4CC5OC6CC7OC8CC9OC%10CC%11OC(C)(CCOS(=O)(=O)O)C(OS(=O)(=O)O)CC%11OC%10CC9OC8CCC7(C)OC6(C)CCC(C)C5OC4C(O)C3(C)OC2CC1=C)C(=O)O. The summed E-state index contributed by atoms with van der Waals surface area (Å²) >= 11 is 0. The lowest BCUT2D eigenvalue weighted by molar-refractivity contribution is -0.369. The molecule has 25 heteroatoms. The van der Waals surface area contributed by atoms with Crippen LogP contribution in [0.15, 0.2) is 37.0 Å². The highest BCUT2D eigenvalue weighted by Gasteiger charge is 2.65. The second kappa shape index (κ2) is 21.7. The molecule has 0 bridgehead atoms. The van der Waals surface area contributed by atoms with Crippen LogP contribution in [0.4, 0.5) is 0 Å². The fourth-order valence-electron chi connectivity index (χ4n) is 15.5. The minimum atomic E-state index is -4.96. The van der Waals surface area contributed by atoms with Crippen molar-refractivity contribution in [3.8, 4) is 0 Å². The van der Waals surface area contributed by atoms with Crippen LogP contribution in [0, 0.1) is 11.8 Å². The highest BCUT2D eigenvalue weighted by molar-refractivity contribution is 7.81.